The Balaban J connectivity index is 1.67. The monoisotopic (exact) mass is 236 g/mol. The highest BCUT2D eigenvalue weighted by Gasteiger charge is 2.43. The number of rotatable bonds is 1. The fourth-order valence-corrected chi connectivity index (χ4v) is 4.98. The molecule has 1 saturated heterocycles. The molecule has 0 aromatic carbocycles. The average Bonchev–Trinajstić information content (AvgIpc) is 2.75. The minimum atomic E-state index is 0.658. The Hall–Kier alpha value is -0.0400. The fraction of sp³-hybridized carbons (Fsp3) is 1.00. The zero-order valence-corrected chi connectivity index (χ0v) is 11.6. The molecule has 2 saturated carbocycles. The van der Waals surface area contributed by atoms with E-state index in [9.17, 15) is 0 Å². The Morgan fingerprint density at radius 1 is 1.06 bits per heavy atom. The first kappa shape index (κ1) is 12.0. The van der Waals surface area contributed by atoms with E-state index in [1.165, 1.54) is 44.9 Å². The van der Waals surface area contributed by atoms with Crippen LogP contribution in [0.4, 0.5) is 0 Å². The number of hydrogen-bond donors (Lipinski definition) is 0. The van der Waals surface area contributed by atoms with Gasteiger partial charge in [-0.15, -0.1) is 0 Å². The zero-order chi connectivity index (χ0) is 11.9. The minimum absolute atomic E-state index is 0.658. The average molecular weight is 236 g/mol. The van der Waals surface area contributed by atoms with Crippen molar-refractivity contribution < 1.29 is 4.74 Å². The molecule has 1 aliphatic heterocycles. The molecule has 17 heavy (non-hydrogen) atoms. The smallest absolute Gasteiger partial charge is 0.0498 e. The minimum Gasteiger partial charge on any atom is -0.381 e. The van der Waals surface area contributed by atoms with Crippen LogP contribution in [-0.4, -0.2) is 13.2 Å². The third-order valence-corrected chi connectivity index (χ3v) is 6.05. The van der Waals surface area contributed by atoms with Crippen LogP contribution in [-0.2, 0) is 4.74 Å². The standard InChI is InChI=1S/C16H28O/c1-12-4-3-7-16(2,9-12)15-6-5-13-10-17-11-14(13)8-15/h12-15H,3-11H2,1-2H3/t12?,13-,14+,15?,16?/m0/s1. The third kappa shape index (κ3) is 2.28. The third-order valence-electron chi connectivity index (χ3n) is 6.05. The van der Waals surface area contributed by atoms with Crippen molar-refractivity contribution in [3.8, 4) is 0 Å². The summed E-state index contributed by atoms with van der Waals surface area (Å²) in [4.78, 5) is 0. The summed E-state index contributed by atoms with van der Waals surface area (Å²) in [5, 5.41) is 0. The van der Waals surface area contributed by atoms with Crippen molar-refractivity contribution in [2.75, 3.05) is 13.2 Å². The molecule has 98 valence electrons. The van der Waals surface area contributed by atoms with Gasteiger partial charge in [-0.1, -0.05) is 26.7 Å². The van der Waals surface area contributed by atoms with Gasteiger partial charge in [0.05, 0.1) is 0 Å². The highest BCUT2D eigenvalue weighted by atomic mass is 16.5. The van der Waals surface area contributed by atoms with Crippen LogP contribution < -0.4 is 0 Å². The second kappa shape index (κ2) is 4.57. The second-order valence-corrected chi connectivity index (χ2v) is 7.42. The van der Waals surface area contributed by atoms with Crippen LogP contribution in [0.1, 0.15) is 58.8 Å². The maximum absolute atomic E-state index is 5.68. The zero-order valence-electron chi connectivity index (χ0n) is 11.6. The Morgan fingerprint density at radius 3 is 2.71 bits per heavy atom. The molecule has 2 aliphatic carbocycles. The summed E-state index contributed by atoms with van der Waals surface area (Å²) in [5.41, 5.74) is 0.658. The molecule has 0 amide bonds. The topological polar surface area (TPSA) is 9.23 Å². The molecule has 3 aliphatic rings. The molecule has 3 fully saturated rings. The van der Waals surface area contributed by atoms with Crippen LogP contribution in [0.5, 0.6) is 0 Å². The molecule has 0 aromatic heterocycles. The largest absolute Gasteiger partial charge is 0.381 e. The van der Waals surface area contributed by atoms with Gasteiger partial charge >= 0.3 is 0 Å². The van der Waals surface area contributed by atoms with E-state index in [-0.39, 0.29) is 0 Å². The first-order valence-corrected chi connectivity index (χ1v) is 7.75. The van der Waals surface area contributed by atoms with Gasteiger partial charge in [-0.05, 0) is 61.2 Å². The van der Waals surface area contributed by atoms with Gasteiger partial charge in [0, 0.05) is 13.2 Å². The van der Waals surface area contributed by atoms with Gasteiger partial charge in [0.2, 0.25) is 0 Å². The van der Waals surface area contributed by atoms with Crippen LogP contribution in [0.2, 0.25) is 0 Å². The van der Waals surface area contributed by atoms with Gasteiger partial charge in [-0.2, -0.15) is 0 Å². The molecule has 3 rings (SSSR count). The Bertz CT molecular complexity index is 275. The van der Waals surface area contributed by atoms with Gasteiger partial charge in [0.25, 0.3) is 0 Å². The van der Waals surface area contributed by atoms with Crippen LogP contribution in [0.25, 0.3) is 0 Å². The maximum atomic E-state index is 5.68. The lowest BCUT2D eigenvalue weighted by molar-refractivity contribution is 0.0386. The molecular weight excluding hydrogens is 208 g/mol. The van der Waals surface area contributed by atoms with E-state index in [0.29, 0.717) is 5.41 Å². The molecule has 0 N–H and O–H groups in total. The molecule has 0 spiro atoms. The van der Waals surface area contributed by atoms with Crippen LogP contribution >= 0.6 is 0 Å². The number of ether oxygens (including phenoxy) is 1. The molecule has 0 radical (unpaired) electrons. The Labute approximate surface area is 106 Å². The number of fused-ring (bicyclic) bond motifs is 1. The molecule has 1 nitrogen and oxygen atoms in total. The lowest BCUT2D eigenvalue weighted by atomic mass is 9.58. The predicted molar refractivity (Wildman–Crippen MR) is 70.9 cm³/mol. The van der Waals surface area contributed by atoms with Gasteiger partial charge in [-0.25, -0.2) is 0 Å². The normalized spacial score (nSPS) is 51.2. The SMILES string of the molecule is CC1CCCC(C)(C2CC[C@H]3COC[C@H]3C2)C1. The molecule has 1 heteroatoms. The summed E-state index contributed by atoms with van der Waals surface area (Å²) >= 11 is 0. The summed E-state index contributed by atoms with van der Waals surface area (Å²) in [6.07, 6.45) is 10.3. The fourth-order valence-electron chi connectivity index (χ4n) is 4.98. The highest BCUT2D eigenvalue weighted by Crippen LogP contribution is 2.52. The van der Waals surface area contributed by atoms with Gasteiger partial charge < -0.3 is 4.74 Å². The first-order valence-electron chi connectivity index (χ1n) is 7.75. The van der Waals surface area contributed by atoms with E-state index in [2.05, 4.69) is 13.8 Å². The second-order valence-electron chi connectivity index (χ2n) is 7.42. The Morgan fingerprint density at radius 2 is 1.88 bits per heavy atom. The molecule has 5 atom stereocenters. The van der Waals surface area contributed by atoms with Crippen LogP contribution in [0.15, 0.2) is 0 Å². The van der Waals surface area contributed by atoms with Gasteiger partial charge in [0.1, 0.15) is 0 Å². The van der Waals surface area contributed by atoms with Crippen molar-refractivity contribution in [3.05, 3.63) is 0 Å². The predicted octanol–water partition coefficient (Wildman–Crippen LogP) is 4.27. The molecule has 3 unspecified atom stereocenters. The highest BCUT2D eigenvalue weighted by molar-refractivity contribution is 4.93. The van der Waals surface area contributed by atoms with E-state index in [1.54, 1.807) is 0 Å². The van der Waals surface area contributed by atoms with E-state index in [0.717, 1.165) is 36.9 Å². The molecule has 0 bridgehead atoms. The van der Waals surface area contributed by atoms with Crippen molar-refractivity contribution in [1.82, 2.24) is 0 Å². The van der Waals surface area contributed by atoms with Crippen molar-refractivity contribution in [2.24, 2.45) is 29.1 Å². The quantitative estimate of drug-likeness (QED) is 0.661. The summed E-state index contributed by atoms with van der Waals surface area (Å²) in [5.74, 6) is 3.78. The Kier molecular flexibility index (Phi) is 3.23. The van der Waals surface area contributed by atoms with Crippen molar-refractivity contribution in [1.29, 1.82) is 0 Å². The summed E-state index contributed by atoms with van der Waals surface area (Å²) in [6.45, 7) is 7.17. The van der Waals surface area contributed by atoms with E-state index in [1.807, 2.05) is 0 Å². The van der Waals surface area contributed by atoms with Crippen molar-refractivity contribution in [3.63, 3.8) is 0 Å². The van der Waals surface area contributed by atoms with E-state index < -0.39 is 0 Å². The van der Waals surface area contributed by atoms with E-state index >= 15 is 0 Å². The van der Waals surface area contributed by atoms with Crippen LogP contribution in [0, 0.1) is 29.1 Å². The van der Waals surface area contributed by atoms with Gasteiger partial charge in [-0.3, -0.25) is 0 Å². The molecule has 1 heterocycles. The van der Waals surface area contributed by atoms with E-state index in [4.69, 9.17) is 4.74 Å². The maximum Gasteiger partial charge on any atom is 0.0498 e. The lowest BCUT2D eigenvalue weighted by Crippen LogP contribution is -2.37. The van der Waals surface area contributed by atoms with Crippen LogP contribution in [0.3, 0.4) is 0 Å². The first-order chi connectivity index (χ1) is 8.17. The van der Waals surface area contributed by atoms with Crippen molar-refractivity contribution >= 4 is 0 Å². The summed E-state index contributed by atoms with van der Waals surface area (Å²) in [6, 6.07) is 0. The lowest BCUT2D eigenvalue weighted by Gasteiger charge is -2.47. The summed E-state index contributed by atoms with van der Waals surface area (Å²) < 4.78 is 5.68. The number of hydrogen-bond acceptors (Lipinski definition) is 1. The van der Waals surface area contributed by atoms with Crippen molar-refractivity contribution in [2.45, 2.75) is 58.8 Å². The molecular formula is C16H28O. The summed E-state index contributed by atoms with van der Waals surface area (Å²) in [7, 11) is 0. The van der Waals surface area contributed by atoms with Gasteiger partial charge in [0.15, 0.2) is 0 Å². The molecule has 0 aromatic rings.